The van der Waals surface area contributed by atoms with Gasteiger partial charge in [0.05, 0.1) is 0 Å². The molecule has 2 aliphatic rings. The molecule has 27 heavy (non-hydrogen) atoms. The number of halogens is 1. The summed E-state index contributed by atoms with van der Waals surface area (Å²) in [6, 6.07) is 10.3. The van der Waals surface area contributed by atoms with Crippen molar-refractivity contribution in [3.05, 3.63) is 42.2 Å². The molecule has 0 spiro atoms. The summed E-state index contributed by atoms with van der Waals surface area (Å²) in [6.45, 7) is 0.303. The van der Waals surface area contributed by atoms with Crippen molar-refractivity contribution in [2.45, 2.75) is 0 Å². The quantitative estimate of drug-likeness (QED) is 0.727. The number of nitrogens with one attached hydrogen (secondary N) is 1. The highest BCUT2D eigenvalue weighted by molar-refractivity contribution is 5.70. The lowest BCUT2D eigenvalue weighted by Gasteiger charge is -2.10. The van der Waals surface area contributed by atoms with Crippen LogP contribution in [0.2, 0.25) is 0 Å². The average molecular weight is 368 g/mol. The Morgan fingerprint density at radius 1 is 0.852 bits per heavy atom. The van der Waals surface area contributed by atoms with E-state index in [4.69, 9.17) is 24.7 Å². The Bertz CT molecular complexity index is 1060. The van der Waals surface area contributed by atoms with Crippen LogP contribution >= 0.6 is 0 Å². The van der Waals surface area contributed by atoms with Gasteiger partial charge in [-0.1, -0.05) is 0 Å². The fourth-order valence-electron chi connectivity index (χ4n) is 2.86. The predicted octanol–water partition coefficient (Wildman–Crippen LogP) is 3.07. The van der Waals surface area contributed by atoms with E-state index < -0.39 is 5.82 Å². The molecule has 2 aromatic carbocycles. The zero-order valence-electron chi connectivity index (χ0n) is 13.9. The molecule has 0 saturated carbocycles. The molecule has 3 N–H and O–H groups in total. The molecule has 0 atom stereocenters. The summed E-state index contributed by atoms with van der Waals surface area (Å²) in [4.78, 5) is 8.24. The molecule has 0 bridgehead atoms. The molecule has 8 nitrogen and oxygen atoms in total. The average Bonchev–Trinajstić information content (AvgIpc) is 3.32. The topological polar surface area (TPSA) is 101 Å². The Kier molecular flexibility index (Phi) is 3.39. The van der Waals surface area contributed by atoms with Gasteiger partial charge in [-0.3, -0.25) is 0 Å². The van der Waals surface area contributed by atoms with Gasteiger partial charge in [0.25, 0.3) is 0 Å². The van der Waals surface area contributed by atoms with Crippen molar-refractivity contribution in [3.8, 4) is 34.3 Å². The van der Waals surface area contributed by atoms with E-state index in [2.05, 4.69) is 15.3 Å². The number of ether oxygens (including phenoxy) is 4. The zero-order chi connectivity index (χ0) is 18.4. The summed E-state index contributed by atoms with van der Waals surface area (Å²) in [5, 5.41) is 3.00. The lowest BCUT2D eigenvalue weighted by atomic mass is 10.1. The molecule has 5 rings (SSSR count). The van der Waals surface area contributed by atoms with Crippen molar-refractivity contribution >= 4 is 17.5 Å². The third kappa shape index (κ3) is 2.69. The van der Waals surface area contributed by atoms with E-state index >= 15 is 0 Å². The van der Waals surface area contributed by atoms with Gasteiger partial charge in [0.15, 0.2) is 34.6 Å². The van der Waals surface area contributed by atoms with Gasteiger partial charge in [0, 0.05) is 17.3 Å². The van der Waals surface area contributed by atoms with Crippen molar-refractivity contribution < 1.29 is 23.3 Å². The molecule has 3 aromatic rings. The summed E-state index contributed by atoms with van der Waals surface area (Å²) in [7, 11) is 0. The zero-order valence-corrected chi connectivity index (χ0v) is 13.9. The number of benzene rings is 2. The maximum Gasteiger partial charge on any atom is 0.231 e. The highest BCUT2D eigenvalue weighted by atomic mass is 19.1. The van der Waals surface area contributed by atoms with Crippen LogP contribution in [0.3, 0.4) is 0 Å². The highest BCUT2D eigenvalue weighted by Crippen LogP contribution is 2.38. The first-order valence-electron chi connectivity index (χ1n) is 8.07. The summed E-state index contributed by atoms with van der Waals surface area (Å²) in [6.07, 6.45) is 0. The smallest absolute Gasteiger partial charge is 0.231 e. The van der Waals surface area contributed by atoms with Gasteiger partial charge < -0.3 is 30.0 Å². The maximum absolute atomic E-state index is 14.6. The molecule has 0 fully saturated rings. The number of anilines is 3. The van der Waals surface area contributed by atoms with E-state index in [0.717, 1.165) is 0 Å². The number of fused-ring (bicyclic) bond motifs is 2. The molecule has 0 aliphatic carbocycles. The van der Waals surface area contributed by atoms with E-state index in [9.17, 15) is 4.39 Å². The van der Waals surface area contributed by atoms with Crippen molar-refractivity contribution in [2.24, 2.45) is 0 Å². The molecule has 0 radical (unpaired) electrons. The van der Waals surface area contributed by atoms with Crippen LogP contribution in [0.1, 0.15) is 0 Å². The second kappa shape index (κ2) is 5.90. The SMILES string of the molecule is Nc1nc(Nc2ccc3c(c2)OCO3)nc(-c2ccc3c(c2)OCO3)c1F. The number of hydrogen-bond donors (Lipinski definition) is 2. The standard InChI is InChI=1S/C18H13FN4O4/c19-15-16(9-1-3-11-13(5-9)26-7-24-11)22-18(23-17(15)20)21-10-2-4-12-14(6-10)27-8-25-12/h1-6H,7-8H2,(H3,20,21,22,23). The van der Waals surface area contributed by atoms with Crippen molar-refractivity contribution in [1.82, 2.24) is 9.97 Å². The van der Waals surface area contributed by atoms with Gasteiger partial charge in [-0.05, 0) is 30.3 Å². The molecule has 0 saturated heterocycles. The number of rotatable bonds is 3. The first-order chi connectivity index (χ1) is 13.2. The van der Waals surface area contributed by atoms with E-state index in [1.165, 1.54) is 0 Å². The van der Waals surface area contributed by atoms with Gasteiger partial charge in [-0.15, -0.1) is 0 Å². The summed E-state index contributed by atoms with van der Waals surface area (Å²) in [5.41, 5.74) is 6.96. The Morgan fingerprint density at radius 3 is 2.30 bits per heavy atom. The van der Waals surface area contributed by atoms with Crippen LogP contribution in [0.25, 0.3) is 11.3 Å². The molecule has 9 heteroatoms. The number of aromatic nitrogens is 2. The van der Waals surface area contributed by atoms with E-state index in [0.29, 0.717) is 34.2 Å². The van der Waals surface area contributed by atoms with E-state index in [1.807, 2.05) is 0 Å². The molecule has 0 amide bonds. The fraction of sp³-hybridized carbons (Fsp3) is 0.111. The van der Waals surface area contributed by atoms with Gasteiger partial charge >= 0.3 is 0 Å². The third-order valence-electron chi connectivity index (χ3n) is 4.15. The summed E-state index contributed by atoms with van der Waals surface area (Å²) in [5.74, 6) is 1.56. The predicted molar refractivity (Wildman–Crippen MR) is 93.8 cm³/mol. The van der Waals surface area contributed by atoms with Crippen LogP contribution in [0.4, 0.5) is 21.8 Å². The summed E-state index contributed by atoms with van der Waals surface area (Å²) >= 11 is 0. The van der Waals surface area contributed by atoms with Crippen LogP contribution in [0, 0.1) is 5.82 Å². The molecule has 2 aliphatic heterocycles. The van der Waals surface area contributed by atoms with Crippen LogP contribution < -0.4 is 30.0 Å². The van der Waals surface area contributed by atoms with Gasteiger partial charge in [-0.25, -0.2) is 9.37 Å². The summed E-state index contributed by atoms with van der Waals surface area (Å²) < 4.78 is 35.8. The lowest BCUT2D eigenvalue weighted by molar-refractivity contribution is 0.173. The molecule has 1 aromatic heterocycles. The Labute approximate surface area is 152 Å². The highest BCUT2D eigenvalue weighted by Gasteiger charge is 2.19. The second-order valence-corrected chi connectivity index (χ2v) is 5.86. The monoisotopic (exact) mass is 368 g/mol. The van der Waals surface area contributed by atoms with Crippen LogP contribution in [-0.4, -0.2) is 23.6 Å². The number of nitrogen functional groups attached to an aromatic ring is 1. The van der Waals surface area contributed by atoms with E-state index in [1.54, 1.807) is 36.4 Å². The van der Waals surface area contributed by atoms with Crippen molar-refractivity contribution in [2.75, 3.05) is 24.6 Å². The Hall–Kier alpha value is -3.75. The van der Waals surface area contributed by atoms with Crippen molar-refractivity contribution in [1.29, 1.82) is 0 Å². The third-order valence-corrected chi connectivity index (χ3v) is 4.15. The minimum absolute atomic E-state index is 0.0593. The normalized spacial score (nSPS) is 13.7. The van der Waals surface area contributed by atoms with Crippen LogP contribution in [0.15, 0.2) is 36.4 Å². The minimum Gasteiger partial charge on any atom is -0.454 e. The van der Waals surface area contributed by atoms with Gasteiger partial charge in [0.2, 0.25) is 19.5 Å². The first kappa shape index (κ1) is 15.5. The van der Waals surface area contributed by atoms with Crippen molar-refractivity contribution in [3.63, 3.8) is 0 Å². The molecule has 0 unspecified atom stereocenters. The molecule has 3 heterocycles. The van der Waals surface area contributed by atoms with Gasteiger partial charge in [-0.2, -0.15) is 4.98 Å². The number of hydrogen-bond acceptors (Lipinski definition) is 8. The number of nitrogens with two attached hydrogens (primary N) is 1. The molecule has 136 valence electrons. The Balaban J connectivity index is 1.51. The fourth-order valence-corrected chi connectivity index (χ4v) is 2.86. The molecular weight excluding hydrogens is 355 g/mol. The largest absolute Gasteiger partial charge is 0.454 e. The number of nitrogens with zero attached hydrogens (tertiary/aromatic N) is 2. The minimum atomic E-state index is -0.704. The van der Waals surface area contributed by atoms with Crippen LogP contribution in [-0.2, 0) is 0 Å². The van der Waals surface area contributed by atoms with Gasteiger partial charge in [0.1, 0.15) is 5.69 Å². The van der Waals surface area contributed by atoms with Crippen LogP contribution in [0.5, 0.6) is 23.0 Å². The van der Waals surface area contributed by atoms with E-state index in [-0.39, 0.29) is 31.0 Å². The molecular formula is C18H13FN4O4. The maximum atomic E-state index is 14.6. The second-order valence-electron chi connectivity index (χ2n) is 5.86. The first-order valence-corrected chi connectivity index (χ1v) is 8.07. The Morgan fingerprint density at radius 2 is 1.52 bits per heavy atom. The lowest BCUT2D eigenvalue weighted by Crippen LogP contribution is -2.05.